The van der Waals surface area contributed by atoms with Crippen LogP contribution in [-0.4, -0.2) is 36.6 Å². The second kappa shape index (κ2) is 5.31. The molecule has 0 radical (unpaired) electrons. The monoisotopic (exact) mass is 210 g/mol. The largest absolute Gasteiger partial charge is 0.311 e. The van der Waals surface area contributed by atoms with E-state index in [1.165, 1.54) is 51.7 Å². The molecule has 2 aliphatic heterocycles. The summed E-state index contributed by atoms with van der Waals surface area (Å²) in [5.74, 6) is 0.949. The van der Waals surface area contributed by atoms with Crippen LogP contribution < -0.4 is 5.32 Å². The van der Waals surface area contributed by atoms with Gasteiger partial charge in [-0.15, -0.1) is 0 Å². The molecule has 88 valence electrons. The van der Waals surface area contributed by atoms with E-state index in [9.17, 15) is 0 Å². The van der Waals surface area contributed by atoms with Crippen molar-refractivity contribution in [2.75, 3.05) is 19.6 Å². The number of nitrogens with one attached hydrogen (secondary N) is 1. The number of nitrogens with zero attached hydrogens (tertiary/aromatic N) is 1. The van der Waals surface area contributed by atoms with E-state index in [2.05, 4.69) is 24.1 Å². The van der Waals surface area contributed by atoms with Gasteiger partial charge in [0, 0.05) is 18.6 Å². The topological polar surface area (TPSA) is 15.3 Å². The van der Waals surface area contributed by atoms with Crippen molar-refractivity contribution in [3.63, 3.8) is 0 Å². The highest BCUT2D eigenvalue weighted by atomic mass is 15.2. The maximum atomic E-state index is 3.91. The van der Waals surface area contributed by atoms with Crippen molar-refractivity contribution in [2.24, 2.45) is 5.92 Å². The van der Waals surface area contributed by atoms with E-state index in [1.807, 2.05) is 0 Å². The normalized spacial score (nSPS) is 36.8. The molecule has 2 bridgehead atoms. The molecule has 0 saturated carbocycles. The quantitative estimate of drug-likeness (QED) is 0.749. The Morgan fingerprint density at radius 2 is 2.07 bits per heavy atom. The van der Waals surface area contributed by atoms with E-state index >= 15 is 0 Å². The molecule has 15 heavy (non-hydrogen) atoms. The van der Waals surface area contributed by atoms with Gasteiger partial charge in [-0.3, -0.25) is 0 Å². The van der Waals surface area contributed by atoms with Gasteiger partial charge < -0.3 is 10.2 Å². The molecule has 0 spiro atoms. The number of fused-ring (bicyclic) bond motifs is 2. The molecule has 2 heteroatoms. The SMILES string of the molecule is CCCC(CC)NC1CCN2CCC1C2. The van der Waals surface area contributed by atoms with Crippen molar-refractivity contribution in [1.82, 2.24) is 10.2 Å². The molecule has 0 amide bonds. The summed E-state index contributed by atoms with van der Waals surface area (Å²) in [4.78, 5) is 2.63. The highest BCUT2D eigenvalue weighted by molar-refractivity contribution is 4.91. The molecule has 2 aliphatic rings. The Balaban J connectivity index is 1.82. The molecule has 0 aromatic carbocycles. The van der Waals surface area contributed by atoms with Crippen molar-refractivity contribution in [2.45, 2.75) is 58.0 Å². The van der Waals surface area contributed by atoms with Gasteiger partial charge in [0.2, 0.25) is 0 Å². The molecule has 1 N–H and O–H groups in total. The molecule has 0 aliphatic carbocycles. The van der Waals surface area contributed by atoms with Crippen molar-refractivity contribution in [3.05, 3.63) is 0 Å². The van der Waals surface area contributed by atoms with Crippen LogP contribution in [0.2, 0.25) is 0 Å². The predicted molar refractivity (Wildman–Crippen MR) is 65.1 cm³/mol. The lowest BCUT2D eigenvalue weighted by molar-refractivity contribution is 0.206. The second-order valence-electron chi connectivity index (χ2n) is 5.31. The van der Waals surface area contributed by atoms with E-state index < -0.39 is 0 Å². The van der Waals surface area contributed by atoms with Gasteiger partial charge in [-0.05, 0) is 44.7 Å². The number of rotatable bonds is 5. The molecule has 2 heterocycles. The van der Waals surface area contributed by atoms with Gasteiger partial charge in [0.1, 0.15) is 0 Å². The van der Waals surface area contributed by atoms with Gasteiger partial charge in [-0.1, -0.05) is 20.3 Å². The van der Waals surface area contributed by atoms with E-state index in [1.54, 1.807) is 0 Å². The summed E-state index contributed by atoms with van der Waals surface area (Å²) in [5, 5.41) is 3.91. The highest BCUT2D eigenvalue weighted by Crippen LogP contribution is 2.27. The van der Waals surface area contributed by atoms with Crippen LogP contribution in [0.15, 0.2) is 0 Å². The summed E-state index contributed by atoms with van der Waals surface area (Å²) in [5.41, 5.74) is 0. The Bertz CT molecular complexity index is 193. The maximum Gasteiger partial charge on any atom is 0.0123 e. The molecular weight excluding hydrogens is 184 g/mol. The molecule has 2 nitrogen and oxygen atoms in total. The van der Waals surface area contributed by atoms with Gasteiger partial charge in [0.25, 0.3) is 0 Å². The van der Waals surface area contributed by atoms with Crippen LogP contribution in [-0.2, 0) is 0 Å². The first-order valence-corrected chi connectivity index (χ1v) is 6.81. The Kier molecular flexibility index (Phi) is 4.04. The van der Waals surface area contributed by atoms with Gasteiger partial charge in [-0.25, -0.2) is 0 Å². The first-order chi connectivity index (χ1) is 7.33. The van der Waals surface area contributed by atoms with Crippen molar-refractivity contribution in [3.8, 4) is 0 Å². The fourth-order valence-corrected chi connectivity index (χ4v) is 3.23. The van der Waals surface area contributed by atoms with E-state index in [0.717, 1.165) is 18.0 Å². The van der Waals surface area contributed by atoms with Gasteiger partial charge in [0.15, 0.2) is 0 Å². The van der Waals surface area contributed by atoms with Crippen LogP contribution in [0.4, 0.5) is 0 Å². The zero-order valence-electron chi connectivity index (χ0n) is 10.3. The highest BCUT2D eigenvalue weighted by Gasteiger charge is 2.34. The predicted octanol–water partition coefficient (Wildman–Crippen LogP) is 2.25. The van der Waals surface area contributed by atoms with Crippen LogP contribution in [0.1, 0.15) is 46.0 Å². The Hall–Kier alpha value is -0.0800. The van der Waals surface area contributed by atoms with Crippen LogP contribution in [0, 0.1) is 5.92 Å². The number of hydrogen-bond donors (Lipinski definition) is 1. The standard InChI is InChI=1S/C13H26N2/c1-3-5-12(4-2)14-13-7-9-15-8-6-11(13)10-15/h11-14H,3-10H2,1-2H3. The second-order valence-corrected chi connectivity index (χ2v) is 5.31. The Morgan fingerprint density at radius 1 is 1.27 bits per heavy atom. The molecule has 2 rings (SSSR count). The summed E-state index contributed by atoms with van der Waals surface area (Å²) in [6.07, 6.45) is 6.77. The Morgan fingerprint density at radius 3 is 2.80 bits per heavy atom. The summed E-state index contributed by atoms with van der Waals surface area (Å²) in [7, 11) is 0. The minimum atomic E-state index is 0.771. The summed E-state index contributed by atoms with van der Waals surface area (Å²) >= 11 is 0. The third-order valence-corrected chi connectivity index (χ3v) is 4.21. The fourth-order valence-electron chi connectivity index (χ4n) is 3.23. The third-order valence-electron chi connectivity index (χ3n) is 4.21. The van der Waals surface area contributed by atoms with Crippen LogP contribution in [0.5, 0.6) is 0 Å². The van der Waals surface area contributed by atoms with Gasteiger partial charge in [0.05, 0.1) is 0 Å². The molecule has 4 unspecified atom stereocenters. The molecular formula is C13H26N2. The summed E-state index contributed by atoms with van der Waals surface area (Å²) in [6, 6.07) is 1.59. The molecule has 2 fully saturated rings. The van der Waals surface area contributed by atoms with E-state index in [0.29, 0.717) is 0 Å². The van der Waals surface area contributed by atoms with Crippen molar-refractivity contribution >= 4 is 0 Å². The maximum absolute atomic E-state index is 3.91. The number of piperidine rings is 1. The average Bonchev–Trinajstić information content (AvgIpc) is 2.64. The minimum absolute atomic E-state index is 0.771. The smallest absolute Gasteiger partial charge is 0.0123 e. The molecule has 0 aromatic rings. The average molecular weight is 210 g/mol. The zero-order chi connectivity index (χ0) is 10.7. The number of hydrogen-bond acceptors (Lipinski definition) is 2. The van der Waals surface area contributed by atoms with Gasteiger partial charge >= 0.3 is 0 Å². The lowest BCUT2D eigenvalue weighted by atomic mass is 9.92. The Labute approximate surface area is 94.4 Å². The van der Waals surface area contributed by atoms with Crippen LogP contribution in [0.25, 0.3) is 0 Å². The van der Waals surface area contributed by atoms with E-state index in [-0.39, 0.29) is 0 Å². The first-order valence-electron chi connectivity index (χ1n) is 6.81. The zero-order valence-corrected chi connectivity index (χ0v) is 10.3. The van der Waals surface area contributed by atoms with Crippen molar-refractivity contribution in [1.29, 1.82) is 0 Å². The molecule has 0 aromatic heterocycles. The molecule has 2 saturated heterocycles. The summed E-state index contributed by atoms with van der Waals surface area (Å²) < 4.78 is 0. The lowest BCUT2D eigenvalue weighted by Crippen LogP contribution is -2.47. The minimum Gasteiger partial charge on any atom is -0.311 e. The van der Waals surface area contributed by atoms with Crippen LogP contribution >= 0.6 is 0 Å². The fraction of sp³-hybridized carbons (Fsp3) is 1.00. The van der Waals surface area contributed by atoms with Crippen molar-refractivity contribution < 1.29 is 0 Å². The lowest BCUT2D eigenvalue weighted by Gasteiger charge is -2.34. The molecule has 4 atom stereocenters. The third kappa shape index (κ3) is 2.73. The first kappa shape index (κ1) is 11.4. The van der Waals surface area contributed by atoms with Gasteiger partial charge in [-0.2, -0.15) is 0 Å². The van der Waals surface area contributed by atoms with E-state index in [4.69, 9.17) is 0 Å². The van der Waals surface area contributed by atoms with Crippen LogP contribution in [0.3, 0.4) is 0 Å². The summed E-state index contributed by atoms with van der Waals surface area (Å²) in [6.45, 7) is 8.66.